The third-order valence-corrected chi connectivity index (χ3v) is 3.73. The van der Waals surface area contributed by atoms with Gasteiger partial charge in [0.25, 0.3) is 0 Å². The van der Waals surface area contributed by atoms with Crippen molar-refractivity contribution in [3.8, 4) is 11.8 Å². The number of hydrogen-bond donors (Lipinski definition) is 1. The van der Waals surface area contributed by atoms with Crippen LogP contribution in [0.4, 0.5) is 0 Å². The molecule has 0 saturated heterocycles. The summed E-state index contributed by atoms with van der Waals surface area (Å²) < 4.78 is 0. The van der Waals surface area contributed by atoms with E-state index in [1.807, 2.05) is 54.6 Å². The van der Waals surface area contributed by atoms with Gasteiger partial charge >= 0.3 is 0 Å². The molecule has 0 bridgehead atoms. The lowest BCUT2D eigenvalue weighted by atomic mass is 10.1. The van der Waals surface area contributed by atoms with Gasteiger partial charge in [0.1, 0.15) is 5.60 Å². The van der Waals surface area contributed by atoms with Crippen LogP contribution in [0.5, 0.6) is 0 Å². The van der Waals surface area contributed by atoms with Crippen LogP contribution in [-0.4, -0.2) is 16.5 Å². The molecule has 0 radical (unpaired) electrons. The van der Waals surface area contributed by atoms with Crippen molar-refractivity contribution in [3.63, 3.8) is 0 Å². The lowest BCUT2D eigenvalue weighted by Crippen LogP contribution is -2.17. The van der Waals surface area contributed by atoms with E-state index in [2.05, 4.69) is 24.0 Å². The SMILES string of the molecule is CC(O)(C#Cc1ccccc1)/C=C/CSc1ccccc1. The second kappa shape index (κ2) is 7.73. The van der Waals surface area contributed by atoms with Gasteiger partial charge in [-0.2, -0.15) is 0 Å². The first-order valence-electron chi connectivity index (χ1n) is 6.82. The minimum absolute atomic E-state index is 0.813. The lowest BCUT2D eigenvalue weighted by molar-refractivity contribution is 0.174. The monoisotopic (exact) mass is 294 g/mol. The van der Waals surface area contributed by atoms with Gasteiger partial charge in [-0.25, -0.2) is 0 Å². The van der Waals surface area contributed by atoms with Gasteiger partial charge in [0.15, 0.2) is 0 Å². The van der Waals surface area contributed by atoms with E-state index in [1.165, 1.54) is 4.90 Å². The Hall–Kier alpha value is -1.95. The zero-order valence-electron chi connectivity index (χ0n) is 12.0. The highest BCUT2D eigenvalue weighted by molar-refractivity contribution is 7.99. The van der Waals surface area contributed by atoms with E-state index in [0.29, 0.717) is 0 Å². The van der Waals surface area contributed by atoms with E-state index in [4.69, 9.17) is 0 Å². The van der Waals surface area contributed by atoms with Crippen LogP contribution in [0.15, 0.2) is 77.7 Å². The zero-order chi connectivity index (χ0) is 15.0. The molecule has 2 rings (SSSR count). The van der Waals surface area contributed by atoms with E-state index in [1.54, 1.807) is 24.8 Å². The molecule has 1 N–H and O–H groups in total. The normalized spacial score (nSPS) is 13.4. The molecule has 0 aliphatic carbocycles. The number of aliphatic hydroxyl groups is 1. The third-order valence-electron chi connectivity index (χ3n) is 2.77. The van der Waals surface area contributed by atoms with Crippen molar-refractivity contribution >= 4 is 11.8 Å². The van der Waals surface area contributed by atoms with Gasteiger partial charge in [0.05, 0.1) is 0 Å². The van der Waals surface area contributed by atoms with Crippen molar-refractivity contribution in [2.75, 3.05) is 5.75 Å². The van der Waals surface area contributed by atoms with Crippen LogP contribution in [0, 0.1) is 11.8 Å². The molecule has 106 valence electrons. The van der Waals surface area contributed by atoms with Gasteiger partial charge in [0, 0.05) is 16.2 Å². The molecule has 0 fully saturated rings. The Labute approximate surface area is 130 Å². The molecule has 2 heteroatoms. The minimum Gasteiger partial charge on any atom is -0.374 e. The Balaban J connectivity index is 1.89. The van der Waals surface area contributed by atoms with Crippen LogP contribution in [0.3, 0.4) is 0 Å². The minimum atomic E-state index is -1.10. The fraction of sp³-hybridized carbons (Fsp3) is 0.158. The maximum Gasteiger partial charge on any atom is 0.141 e. The average molecular weight is 294 g/mol. The lowest BCUT2D eigenvalue weighted by Gasteiger charge is -2.09. The van der Waals surface area contributed by atoms with E-state index < -0.39 is 5.60 Å². The van der Waals surface area contributed by atoms with Gasteiger partial charge in [-0.05, 0) is 37.3 Å². The molecule has 0 aromatic heterocycles. The first-order chi connectivity index (χ1) is 10.2. The zero-order valence-corrected chi connectivity index (χ0v) is 12.8. The largest absolute Gasteiger partial charge is 0.374 e. The quantitative estimate of drug-likeness (QED) is 0.519. The summed E-state index contributed by atoms with van der Waals surface area (Å²) in [6.45, 7) is 1.70. The molecule has 1 unspecified atom stereocenters. The third kappa shape index (κ3) is 5.91. The van der Waals surface area contributed by atoms with Crippen LogP contribution in [0.25, 0.3) is 0 Å². The predicted molar refractivity (Wildman–Crippen MR) is 90.2 cm³/mol. The molecule has 1 atom stereocenters. The molecule has 0 aliphatic heterocycles. The smallest absolute Gasteiger partial charge is 0.141 e. The van der Waals surface area contributed by atoms with E-state index in [0.717, 1.165) is 11.3 Å². The molecule has 0 aliphatic rings. The Kier molecular flexibility index (Phi) is 5.68. The standard InChI is InChI=1S/C19H18OS/c1-19(20,15-13-17-9-4-2-5-10-17)14-8-16-21-18-11-6-3-7-12-18/h2-12,14,20H,16H2,1H3/b14-8+. The highest BCUT2D eigenvalue weighted by atomic mass is 32.2. The van der Waals surface area contributed by atoms with Crippen molar-refractivity contribution in [3.05, 3.63) is 78.4 Å². The summed E-state index contributed by atoms with van der Waals surface area (Å²) in [6, 6.07) is 19.9. The van der Waals surface area contributed by atoms with Crippen molar-refractivity contribution in [1.29, 1.82) is 0 Å². The fourth-order valence-corrected chi connectivity index (χ4v) is 2.43. The second-order valence-electron chi connectivity index (χ2n) is 4.79. The number of rotatable bonds is 4. The summed E-state index contributed by atoms with van der Waals surface area (Å²) in [7, 11) is 0. The summed E-state index contributed by atoms with van der Waals surface area (Å²) in [5.74, 6) is 6.68. The van der Waals surface area contributed by atoms with Crippen LogP contribution < -0.4 is 0 Å². The molecule has 0 saturated carbocycles. The van der Waals surface area contributed by atoms with Gasteiger partial charge in [-0.1, -0.05) is 54.3 Å². The van der Waals surface area contributed by atoms with Crippen LogP contribution in [0.2, 0.25) is 0 Å². The fourth-order valence-electron chi connectivity index (χ4n) is 1.70. The molecule has 2 aromatic rings. The van der Waals surface area contributed by atoms with Gasteiger partial charge in [0.2, 0.25) is 0 Å². The highest BCUT2D eigenvalue weighted by Crippen LogP contribution is 2.17. The van der Waals surface area contributed by atoms with E-state index in [9.17, 15) is 5.11 Å². The maximum absolute atomic E-state index is 10.2. The van der Waals surface area contributed by atoms with E-state index >= 15 is 0 Å². The molecule has 0 amide bonds. The molecule has 1 nitrogen and oxygen atoms in total. The van der Waals surface area contributed by atoms with Gasteiger partial charge in [-0.15, -0.1) is 11.8 Å². The number of hydrogen-bond acceptors (Lipinski definition) is 2. The molecule has 0 heterocycles. The highest BCUT2D eigenvalue weighted by Gasteiger charge is 2.10. The van der Waals surface area contributed by atoms with Crippen LogP contribution in [0.1, 0.15) is 12.5 Å². The number of benzene rings is 2. The molecule has 2 aromatic carbocycles. The first kappa shape index (κ1) is 15.4. The average Bonchev–Trinajstić information content (AvgIpc) is 2.52. The number of thioether (sulfide) groups is 1. The summed E-state index contributed by atoms with van der Waals surface area (Å²) in [5, 5.41) is 10.2. The summed E-state index contributed by atoms with van der Waals surface area (Å²) in [4.78, 5) is 1.22. The first-order valence-corrected chi connectivity index (χ1v) is 7.80. The van der Waals surface area contributed by atoms with E-state index in [-0.39, 0.29) is 0 Å². The van der Waals surface area contributed by atoms with Crippen molar-refractivity contribution in [1.82, 2.24) is 0 Å². The van der Waals surface area contributed by atoms with Crippen LogP contribution in [-0.2, 0) is 0 Å². The Morgan fingerprint density at radius 2 is 1.67 bits per heavy atom. The van der Waals surface area contributed by atoms with Gasteiger partial charge < -0.3 is 5.11 Å². The summed E-state index contributed by atoms with van der Waals surface area (Å²) in [6.07, 6.45) is 3.70. The Morgan fingerprint density at radius 3 is 2.33 bits per heavy atom. The predicted octanol–water partition coefficient (Wildman–Crippen LogP) is 4.14. The molecular weight excluding hydrogens is 276 g/mol. The van der Waals surface area contributed by atoms with Crippen LogP contribution >= 0.6 is 11.8 Å². The van der Waals surface area contributed by atoms with Gasteiger partial charge in [-0.3, -0.25) is 0 Å². The molecular formula is C19H18OS. The topological polar surface area (TPSA) is 20.2 Å². The second-order valence-corrected chi connectivity index (χ2v) is 5.88. The van der Waals surface area contributed by atoms with Crippen molar-refractivity contribution < 1.29 is 5.11 Å². The van der Waals surface area contributed by atoms with Crippen molar-refractivity contribution in [2.24, 2.45) is 0 Å². The summed E-state index contributed by atoms with van der Waals surface area (Å²) in [5.41, 5.74) is -0.197. The van der Waals surface area contributed by atoms with Crippen molar-refractivity contribution in [2.45, 2.75) is 17.4 Å². The Morgan fingerprint density at radius 1 is 1.05 bits per heavy atom. The molecule has 0 spiro atoms. The Bertz CT molecular complexity index is 634. The molecule has 21 heavy (non-hydrogen) atoms. The maximum atomic E-state index is 10.2. The summed E-state index contributed by atoms with van der Waals surface area (Å²) >= 11 is 1.73.